The summed E-state index contributed by atoms with van der Waals surface area (Å²) in [5, 5.41) is 12.2. The van der Waals surface area contributed by atoms with Crippen LogP contribution in [0.2, 0.25) is 0 Å². The molecule has 0 radical (unpaired) electrons. The molecule has 0 aromatic heterocycles. The molecular weight excluding hydrogens is 348 g/mol. The molecule has 1 aromatic carbocycles. The third kappa shape index (κ3) is 4.78. The van der Waals surface area contributed by atoms with Crippen LogP contribution in [0.25, 0.3) is 0 Å². The molecule has 7 nitrogen and oxygen atoms in total. The standard InChI is InChI=1S/C20H26N2O5/c1-13-8-9-22(17(11-13)20(25)26)19(24)3-2-10-27-15-5-6-16-14(12-15)4-7-18(23)21-16/h5-6,12-13,17H,2-4,7-11H2,1H3,(H,21,23)(H,25,26). The van der Waals surface area contributed by atoms with E-state index in [0.717, 1.165) is 17.7 Å². The summed E-state index contributed by atoms with van der Waals surface area (Å²) in [6.07, 6.45) is 3.34. The van der Waals surface area contributed by atoms with Crippen molar-refractivity contribution in [2.24, 2.45) is 5.92 Å². The highest BCUT2D eigenvalue weighted by Crippen LogP contribution is 2.27. The van der Waals surface area contributed by atoms with Gasteiger partial charge in [-0.2, -0.15) is 0 Å². The number of ether oxygens (including phenoxy) is 1. The molecule has 2 heterocycles. The molecule has 2 aliphatic heterocycles. The number of carboxylic acids is 1. The minimum absolute atomic E-state index is 0.0291. The predicted molar refractivity (Wildman–Crippen MR) is 99.7 cm³/mol. The molecular formula is C20H26N2O5. The summed E-state index contributed by atoms with van der Waals surface area (Å²) in [6.45, 7) is 2.92. The number of piperidine rings is 1. The first-order chi connectivity index (χ1) is 12.9. The number of carbonyl (C=O) groups excluding carboxylic acids is 2. The molecule has 2 unspecified atom stereocenters. The van der Waals surface area contributed by atoms with E-state index in [2.05, 4.69) is 5.32 Å². The van der Waals surface area contributed by atoms with Gasteiger partial charge in [0.15, 0.2) is 0 Å². The minimum atomic E-state index is -0.924. The zero-order valence-corrected chi connectivity index (χ0v) is 15.6. The number of benzene rings is 1. The molecule has 2 aliphatic rings. The Morgan fingerprint density at radius 2 is 2.15 bits per heavy atom. The fraction of sp³-hybridized carbons (Fsp3) is 0.550. The van der Waals surface area contributed by atoms with E-state index in [-0.39, 0.29) is 18.2 Å². The topological polar surface area (TPSA) is 95.9 Å². The van der Waals surface area contributed by atoms with Crippen molar-refractivity contribution in [1.82, 2.24) is 4.90 Å². The summed E-state index contributed by atoms with van der Waals surface area (Å²) in [7, 11) is 0. The SMILES string of the molecule is CC1CCN(C(=O)CCCOc2ccc3c(c2)CCC(=O)N3)C(C(=O)O)C1. The number of anilines is 1. The number of carbonyl (C=O) groups is 3. The molecule has 1 fully saturated rings. The highest BCUT2D eigenvalue weighted by molar-refractivity contribution is 5.94. The molecule has 1 aromatic rings. The molecule has 146 valence electrons. The maximum absolute atomic E-state index is 12.4. The Kier molecular flexibility index (Phi) is 5.98. The second-order valence-corrected chi connectivity index (χ2v) is 7.39. The van der Waals surface area contributed by atoms with Crippen molar-refractivity contribution < 1.29 is 24.2 Å². The van der Waals surface area contributed by atoms with Crippen LogP contribution in [0.15, 0.2) is 18.2 Å². The number of carboxylic acid groups (broad SMARTS) is 1. The molecule has 2 amide bonds. The van der Waals surface area contributed by atoms with Gasteiger partial charge < -0.3 is 20.1 Å². The quantitative estimate of drug-likeness (QED) is 0.746. The highest BCUT2D eigenvalue weighted by atomic mass is 16.5. The van der Waals surface area contributed by atoms with Gasteiger partial charge >= 0.3 is 5.97 Å². The first-order valence-electron chi connectivity index (χ1n) is 9.52. The van der Waals surface area contributed by atoms with E-state index in [4.69, 9.17) is 4.74 Å². The normalized spacial score (nSPS) is 22.0. The first-order valence-corrected chi connectivity index (χ1v) is 9.52. The van der Waals surface area contributed by atoms with Crippen LogP contribution in [0.3, 0.4) is 0 Å². The van der Waals surface area contributed by atoms with E-state index in [1.54, 1.807) is 6.07 Å². The van der Waals surface area contributed by atoms with Gasteiger partial charge in [0, 0.05) is 25.1 Å². The number of amides is 2. The average Bonchev–Trinajstić information content (AvgIpc) is 2.65. The molecule has 2 N–H and O–H groups in total. The lowest BCUT2D eigenvalue weighted by atomic mass is 9.92. The van der Waals surface area contributed by atoms with Crippen molar-refractivity contribution in [3.05, 3.63) is 23.8 Å². The number of aryl methyl sites for hydroxylation is 1. The smallest absolute Gasteiger partial charge is 0.326 e. The van der Waals surface area contributed by atoms with Crippen LogP contribution >= 0.6 is 0 Å². The van der Waals surface area contributed by atoms with E-state index >= 15 is 0 Å². The number of nitrogens with zero attached hydrogens (tertiary/aromatic N) is 1. The van der Waals surface area contributed by atoms with Crippen LogP contribution in [0.4, 0.5) is 5.69 Å². The van der Waals surface area contributed by atoms with E-state index < -0.39 is 12.0 Å². The van der Waals surface area contributed by atoms with Gasteiger partial charge in [-0.1, -0.05) is 6.92 Å². The monoisotopic (exact) mass is 374 g/mol. The third-order valence-corrected chi connectivity index (χ3v) is 5.25. The van der Waals surface area contributed by atoms with Crippen molar-refractivity contribution in [3.63, 3.8) is 0 Å². The van der Waals surface area contributed by atoms with Gasteiger partial charge in [-0.25, -0.2) is 4.79 Å². The average molecular weight is 374 g/mol. The summed E-state index contributed by atoms with van der Waals surface area (Å²) < 4.78 is 5.73. The largest absolute Gasteiger partial charge is 0.494 e. The number of nitrogens with one attached hydrogen (secondary N) is 1. The Morgan fingerprint density at radius 3 is 2.93 bits per heavy atom. The van der Waals surface area contributed by atoms with Gasteiger partial charge in [-0.3, -0.25) is 9.59 Å². The minimum Gasteiger partial charge on any atom is -0.494 e. The maximum atomic E-state index is 12.4. The van der Waals surface area contributed by atoms with Crippen LogP contribution in [-0.4, -0.2) is 47.0 Å². The summed E-state index contributed by atoms with van der Waals surface area (Å²) in [5.74, 6) is 0.0274. The molecule has 0 saturated carbocycles. The molecule has 3 rings (SSSR count). The zero-order valence-electron chi connectivity index (χ0n) is 15.6. The molecule has 0 bridgehead atoms. The molecule has 0 aliphatic carbocycles. The van der Waals surface area contributed by atoms with Gasteiger partial charge in [0.05, 0.1) is 6.61 Å². The van der Waals surface area contributed by atoms with Crippen molar-refractivity contribution >= 4 is 23.5 Å². The number of hydrogen-bond donors (Lipinski definition) is 2. The van der Waals surface area contributed by atoms with Crippen LogP contribution in [0.5, 0.6) is 5.75 Å². The number of hydrogen-bond acceptors (Lipinski definition) is 4. The second kappa shape index (κ2) is 8.41. The van der Waals surface area contributed by atoms with Crippen molar-refractivity contribution in [2.75, 3.05) is 18.5 Å². The summed E-state index contributed by atoms with van der Waals surface area (Å²) in [5.41, 5.74) is 1.88. The Hall–Kier alpha value is -2.57. The maximum Gasteiger partial charge on any atom is 0.326 e. The fourth-order valence-corrected chi connectivity index (χ4v) is 3.68. The predicted octanol–water partition coefficient (Wildman–Crippen LogP) is 2.44. The Bertz CT molecular complexity index is 733. The van der Waals surface area contributed by atoms with Crippen molar-refractivity contribution in [1.29, 1.82) is 0 Å². The number of likely N-dealkylation sites (tertiary alicyclic amines) is 1. The molecule has 1 saturated heterocycles. The van der Waals surface area contributed by atoms with E-state index in [9.17, 15) is 19.5 Å². The first kappa shape index (κ1) is 19.2. The van der Waals surface area contributed by atoms with E-state index in [1.165, 1.54) is 4.90 Å². The second-order valence-electron chi connectivity index (χ2n) is 7.39. The van der Waals surface area contributed by atoms with E-state index in [1.807, 2.05) is 19.1 Å². The molecule has 7 heteroatoms. The fourth-order valence-electron chi connectivity index (χ4n) is 3.68. The van der Waals surface area contributed by atoms with Gasteiger partial charge in [0.2, 0.25) is 11.8 Å². The number of fused-ring (bicyclic) bond motifs is 1. The zero-order chi connectivity index (χ0) is 19.4. The lowest BCUT2D eigenvalue weighted by Gasteiger charge is -2.36. The Labute approximate surface area is 158 Å². The Morgan fingerprint density at radius 1 is 1.33 bits per heavy atom. The molecule has 2 atom stereocenters. The number of aliphatic carboxylic acids is 1. The Balaban J connectivity index is 1.46. The third-order valence-electron chi connectivity index (χ3n) is 5.25. The van der Waals surface area contributed by atoms with Gasteiger partial charge in [0.25, 0.3) is 0 Å². The van der Waals surface area contributed by atoms with E-state index in [0.29, 0.717) is 50.5 Å². The highest BCUT2D eigenvalue weighted by Gasteiger charge is 2.34. The van der Waals surface area contributed by atoms with Crippen LogP contribution < -0.4 is 10.1 Å². The van der Waals surface area contributed by atoms with Gasteiger partial charge in [0.1, 0.15) is 11.8 Å². The van der Waals surface area contributed by atoms with Crippen LogP contribution in [-0.2, 0) is 20.8 Å². The summed E-state index contributed by atoms with van der Waals surface area (Å²) >= 11 is 0. The van der Waals surface area contributed by atoms with Gasteiger partial charge in [-0.15, -0.1) is 0 Å². The van der Waals surface area contributed by atoms with Gasteiger partial charge in [-0.05, 0) is 55.4 Å². The van der Waals surface area contributed by atoms with Crippen molar-refractivity contribution in [3.8, 4) is 5.75 Å². The lowest BCUT2D eigenvalue weighted by molar-refractivity contribution is -0.153. The summed E-state index contributed by atoms with van der Waals surface area (Å²) in [6, 6.07) is 4.85. The molecule has 0 spiro atoms. The van der Waals surface area contributed by atoms with Crippen molar-refractivity contribution in [2.45, 2.75) is 51.5 Å². The summed E-state index contributed by atoms with van der Waals surface area (Å²) in [4.78, 5) is 36.7. The number of rotatable bonds is 6. The van der Waals surface area contributed by atoms with Crippen LogP contribution in [0.1, 0.15) is 44.6 Å². The molecule has 27 heavy (non-hydrogen) atoms. The van der Waals surface area contributed by atoms with Crippen LogP contribution in [0, 0.1) is 5.92 Å². The lowest BCUT2D eigenvalue weighted by Crippen LogP contribution is -2.49.